The number of ketones is 1. The standard InChI is InChI=1S/C36H36N4O3/c1-23(24-11-7-6-8-12-24)38-33-22-26(19-20-37-33)39-30-17-16-29(27-13-9-10-14-28(27)30)34(41)35(42)40-31-21-25(36(2,3)4)15-18-32(31)43-5/h6-23H,1-5H3,(H,40,42)(H2,37,38,39)/t23-/m0/s1. The molecule has 0 aliphatic heterocycles. The minimum absolute atomic E-state index is 0.0807. The number of anilines is 4. The summed E-state index contributed by atoms with van der Waals surface area (Å²) in [5.41, 5.74) is 4.46. The molecule has 3 N–H and O–H groups in total. The number of carbonyl (C=O) groups is 2. The van der Waals surface area contributed by atoms with Gasteiger partial charge in [0.25, 0.3) is 11.7 Å². The Kier molecular flexibility index (Phi) is 8.44. The highest BCUT2D eigenvalue weighted by molar-refractivity contribution is 6.48. The van der Waals surface area contributed by atoms with Crippen molar-refractivity contribution in [3.05, 3.63) is 120 Å². The summed E-state index contributed by atoms with van der Waals surface area (Å²) in [6.07, 6.45) is 1.75. The summed E-state index contributed by atoms with van der Waals surface area (Å²) in [6, 6.07) is 30.8. The van der Waals surface area contributed by atoms with E-state index in [0.29, 0.717) is 22.4 Å². The second-order valence-electron chi connectivity index (χ2n) is 11.5. The zero-order chi connectivity index (χ0) is 30.6. The van der Waals surface area contributed by atoms with Crippen LogP contribution in [0.15, 0.2) is 103 Å². The molecule has 218 valence electrons. The average molecular weight is 573 g/mol. The van der Waals surface area contributed by atoms with Crippen LogP contribution in [0.25, 0.3) is 10.8 Å². The number of hydrogen-bond acceptors (Lipinski definition) is 6. The fourth-order valence-electron chi connectivity index (χ4n) is 4.97. The third-order valence-electron chi connectivity index (χ3n) is 7.39. The monoisotopic (exact) mass is 572 g/mol. The fourth-order valence-corrected chi connectivity index (χ4v) is 4.97. The van der Waals surface area contributed by atoms with E-state index in [1.807, 2.05) is 72.8 Å². The number of amides is 1. The van der Waals surface area contributed by atoms with Gasteiger partial charge in [-0.2, -0.15) is 0 Å². The lowest BCUT2D eigenvalue weighted by atomic mass is 9.87. The molecule has 1 atom stereocenters. The third-order valence-corrected chi connectivity index (χ3v) is 7.39. The highest BCUT2D eigenvalue weighted by Gasteiger charge is 2.23. The fraction of sp³-hybridized carbons (Fsp3) is 0.194. The predicted octanol–water partition coefficient (Wildman–Crippen LogP) is 8.28. The van der Waals surface area contributed by atoms with Crippen LogP contribution in [0.2, 0.25) is 0 Å². The maximum atomic E-state index is 13.5. The number of pyridine rings is 1. The van der Waals surface area contributed by atoms with Gasteiger partial charge in [-0.25, -0.2) is 4.98 Å². The Morgan fingerprint density at radius 3 is 2.26 bits per heavy atom. The van der Waals surface area contributed by atoms with Gasteiger partial charge in [0.2, 0.25) is 0 Å². The van der Waals surface area contributed by atoms with Crippen molar-refractivity contribution in [1.29, 1.82) is 0 Å². The van der Waals surface area contributed by atoms with Crippen LogP contribution in [0.3, 0.4) is 0 Å². The molecule has 7 heteroatoms. The second kappa shape index (κ2) is 12.4. The first-order valence-corrected chi connectivity index (χ1v) is 14.2. The van der Waals surface area contributed by atoms with Crippen molar-refractivity contribution in [1.82, 2.24) is 4.98 Å². The van der Waals surface area contributed by atoms with Gasteiger partial charge in [0.15, 0.2) is 0 Å². The van der Waals surface area contributed by atoms with Crippen molar-refractivity contribution in [2.75, 3.05) is 23.1 Å². The van der Waals surface area contributed by atoms with E-state index in [1.54, 1.807) is 18.3 Å². The van der Waals surface area contributed by atoms with Crippen LogP contribution in [-0.4, -0.2) is 23.8 Å². The van der Waals surface area contributed by atoms with Crippen molar-refractivity contribution >= 4 is 45.3 Å². The lowest BCUT2D eigenvalue weighted by Crippen LogP contribution is -2.24. The van der Waals surface area contributed by atoms with E-state index < -0.39 is 11.7 Å². The Morgan fingerprint density at radius 1 is 0.814 bits per heavy atom. The van der Waals surface area contributed by atoms with Gasteiger partial charge in [0.05, 0.1) is 12.8 Å². The van der Waals surface area contributed by atoms with Gasteiger partial charge in [0.1, 0.15) is 11.6 Å². The van der Waals surface area contributed by atoms with Crippen LogP contribution < -0.4 is 20.7 Å². The molecule has 1 amide bonds. The summed E-state index contributed by atoms with van der Waals surface area (Å²) in [5.74, 6) is -0.133. The minimum Gasteiger partial charge on any atom is -0.495 e. The second-order valence-corrected chi connectivity index (χ2v) is 11.5. The highest BCUT2D eigenvalue weighted by Crippen LogP contribution is 2.33. The minimum atomic E-state index is -0.729. The number of nitrogens with one attached hydrogen (secondary N) is 3. The number of ether oxygens (including phenoxy) is 1. The van der Waals surface area contributed by atoms with Crippen molar-refractivity contribution in [3.8, 4) is 5.75 Å². The van der Waals surface area contributed by atoms with E-state index in [0.717, 1.165) is 28.1 Å². The molecule has 4 aromatic carbocycles. The number of Topliss-reactive ketones (excluding diaryl/α,β-unsaturated/α-hetero) is 1. The number of fused-ring (bicyclic) bond motifs is 1. The molecular formula is C36H36N4O3. The zero-order valence-electron chi connectivity index (χ0n) is 25.1. The maximum absolute atomic E-state index is 13.5. The number of nitrogens with zero attached hydrogens (tertiary/aromatic N) is 1. The third kappa shape index (κ3) is 6.67. The molecule has 0 unspecified atom stereocenters. The quantitative estimate of drug-likeness (QED) is 0.122. The Labute approximate surface area is 252 Å². The largest absolute Gasteiger partial charge is 0.495 e. The van der Waals surface area contributed by atoms with Crippen molar-refractivity contribution < 1.29 is 14.3 Å². The van der Waals surface area contributed by atoms with Gasteiger partial charge in [-0.15, -0.1) is 0 Å². The number of methoxy groups -OCH3 is 1. The van der Waals surface area contributed by atoms with E-state index in [1.165, 1.54) is 12.7 Å². The van der Waals surface area contributed by atoms with E-state index in [2.05, 4.69) is 60.8 Å². The Hall–Kier alpha value is -5.17. The van der Waals surface area contributed by atoms with Crippen molar-refractivity contribution in [3.63, 3.8) is 0 Å². The van der Waals surface area contributed by atoms with E-state index >= 15 is 0 Å². The van der Waals surface area contributed by atoms with E-state index in [4.69, 9.17) is 4.74 Å². The van der Waals surface area contributed by atoms with E-state index in [-0.39, 0.29) is 11.5 Å². The van der Waals surface area contributed by atoms with Gasteiger partial charge in [0, 0.05) is 40.6 Å². The van der Waals surface area contributed by atoms with Crippen LogP contribution in [0.5, 0.6) is 5.75 Å². The molecule has 0 saturated heterocycles. The molecule has 0 saturated carbocycles. The first-order valence-electron chi connectivity index (χ1n) is 14.2. The number of benzene rings is 4. The van der Waals surface area contributed by atoms with Gasteiger partial charge in [-0.3, -0.25) is 9.59 Å². The SMILES string of the molecule is COc1ccc(C(C)(C)C)cc1NC(=O)C(=O)c1ccc(Nc2ccnc(N[C@@H](C)c3ccccc3)c2)c2ccccc12. The van der Waals surface area contributed by atoms with Crippen LogP contribution >= 0.6 is 0 Å². The summed E-state index contributed by atoms with van der Waals surface area (Å²) in [7, 11) is 1.54. The lowest BCUT2D eigenvalue weighted by Gasteiger charge is -2.21. The zero-order valence-corrected chi connectivity index (χ0v) is 25.1. The van der Waals surface area contributed by atoms with Crippen LogP contribution in [-0.2, 0) is 10.2 Å². The average Bonchev–Trinajstić information content (AvgIpc) is 3.01. The topological polar surface area (TPSA) is 92.3 Å². The smallest absolute Gasteiger partial charge is 0.296 e. The molecule has 0 aliphatic carbocycles. The van der Waals surface area contributed by atoms with Crippen molar-refractivity contribution in [2.24, 2.45) is 0 Å². The van der Waals surface area contributed by atoms with Gasteiger partial charge in [-0.05, 0) is 59.2 Å². The van der Waals surface area contributed by atoms with Crippen LogP contribution in [0.1, 0.15) is 55.2 Å². The highest BCUT2D eigenvalue weighted by atomic mass is 16.5. The molecule has 5 rings (SSSR count). The first-order chi connectivity index (χ1) is 20.6. The number of hydrogen-bond donors (Lipinski definition) is 3. The summed E-state index contributed by atoms with van der Waals surface area (Å²) < 4.78 is 5.45. The molecule has 1 heterocycles. The number of aromatic nitrogens is 1. The summed E-state index contributed by atoms with van der Waals surface area (Å²) in [4.78, 5) is 31.2. The molecule has 5 aromatic rings. The van der Waals surface area contributed by atoms with Gasteiger partial charge in [-0.1, -0.05) is 81.4 Å². The molecule has 0 bridgehead atoms. The van der Waals surface area contributed by atoms with E-state index in [9.17, 15) is 9.59 Å². The van der Waals surface area contributed by atoms with Crippen LogP contribution in [0, 0.1) is 0 Å². The lowest BCUT2D eigenvalue weighted by molar-refractivity contribution is -0.112. The molecule has 0 aliphatic rings. The predicted molar refractivity (Wildman–Crippen MR) is 175 cm³/mol. The van der Waals surface area contributed by atoms with Crippen molar-refractivity contribution in [2.45, 2.75) is 39.2 Å². The van der Waals surface area contributed by atoms with Gasteiger partial charge >= 0.3 is 0 Å². The molecule has 7 nitrogen and oxygen atoms in total. The number of carbonyl (C=O) groups excluding carboxylic acids is 2. The molecule has 0 fully saturated rings. The molecular weight excluding hydrogens is 536 g/mol. The Bertz CT molecular complexity index is 1780. The molecule has 0 spiro atoms. The maximum Gasteiger partial charge on any atom is 0.296 e. The molecule has 0 radical (unpaired) electrons. The Morgan fingerprint density at radius 2 is 1.53 bits per heavy atom. The number of rotatable bonds is 9. The van der Waals surface area contributed by atoms with Crippen LogP contribution in [0.4, 0.5) is 22.9 Å². The summed E-state index contributed by atoms with van der Waals surface area (Å²) in [5, 5.41) is 11.2. The summed E-state index contributed by atoms with van der Waals surface area (Å²) in [6.45, 7) is 8.35. The Balaban J connectivity index is 1.38. The normalized spacial score (nSPS) is 11.9. The van der Waals surface area contributed by atoms with Gasteiger partial charge < -0.3 is 20.7 Å². The molecule has 1 aromatic heterocycles. The first kappa shape index (κ1) is 29.3. The summed E-state index contributed by atoms with van der Waals surface area (Å²) >= 11 is 0. The molecule has 43 heavy (non-hydrogen) atoms.